The Morgan fingerprint density at radius 1 is 1.40 bits per heavy atom. The van der Waals surface area contributed by atoms with Gasteiger partial charge in [-0.1, -0.05) is 6.42 Å². The molecule has 20 heavy (non-hydrogen) atoms. The van der Waals surface area contributed by atoms with Crippen molar-refractivity contribution in [2.45, 2.75) is 43.6 Å². The maximum absolute atomic E-state index is 6.09. The second kappa shape index (κ2) is 4.22. The Hall–Kier alpha value is -1.55. The van der Waals surface area contributed by atoms with Crippen molar-refractivity contribution in [3.05, 3.63) is 24.0 Å². The van der Waals surface area contributed by atoms with Crippen LogP contribution in [0.2, 0.25) is 0 Å². The lowest BCUT2D eigenvalue weighted by molar-refractivity contribution is 0.231. The molecule has 1 aromatic heterocycles. The van der Waals surface area contributed by atoms with Crippen LogP contribution in [0.15, 0.2) is 18.2 Å². The summed E-state index contributed by atoms with van der Waals surface area (Å²) >= 11 is 0. The van der Waals surface area contributed by atoms with Crippen molar-refractivity contribution in [1.82, 2.24) is 9.55 Å². The van der Waals surface area contributed by atoms with Gasteiger partial charge >= 0.3 is 0 Å². The van der Waals surface area contributed by atoms with Crippen LogP contribution in [0.3, 0.4) is 0 Å². The van der Waals surface area contributed by atoms with Crippen molar-refractivity contribution >= 4 is 11.0 Å². The summed E-state index contributed by atoms with van der Waals surface area (Å²) in [5, 5.41) is 0. The van der Waals surface area contributed by atoms with Gasteiger partial charge in [-0.3, -0.25) is 0 Å². The number of aromatic nitrogens is 2. The number of ether oxygens (including phenoxy) is 1. The molecule has 4 heteroatoms. The molecule has 2 aromatic rings. The van der Waals surface area contributed by atoms with E-state index in [1.807, 2.05) is 12.1 Å². The summed E-state index contributed by atoms with van der Waals surface area (Å²) in [4.78, 5) is 4.95. The minimum atomic E-state index is 0.120. The third-order valence-electron chi connectivity index (χ3n) is 4.98. The zero-order valence-corrected chi connectivity index (χ0v) is 11.9. The van der Waals surface area contributed by atoms with E-state index in [2.05, 4.69) is 10.6 Å². The second-order valence-electron chi connectivity index (χ2n) is 6.23. The maximum Gasteiger partial charge on any atom is 0.121 e. The predicted molar refractivity (Wildman–Crippen MR) is 79.1 cm³/mol. The van der Waals surface area contributed by atoms with E-state index < -0.39 is 0 Å². The molecule has 2 aliphatic carbocycles. The van der Waals surface area contributed by atoms with E-state index >= 15 is 0 Å². The molecule has 2 aliphatic rings. The SMILES string of the molecule is COc1ccc2c(c1)nc(C1(CN)CCC1)n2C1CC1. The van der Waals surface area contributed by atoms with Gasteiger partial charge in [0, 0.05) is 24.1 Å². The van der Waals surface area contributed by atoms with Crippen molar-refractivity contribution in [2.24, 2.45) is 5.73 Å². The maximum atomic E-state index is 6.09. The van der Waals surface area contributed by atoms with E-state index in [0.717, 1.165) is 11.3 Å². The Morgan fingerprint density at radius 2 is 2.20 bits per heavy atom. The average molecular weight is 271 g/mol. The van der Waals surface area contributed by atoms with Crippen molar-refractivity contribution in [3.63, 3.8) is 0 Å². The first-order valence-electron chi connectivity index (χ1n) is 7.54. The van der Waals surface area contributed by atoms with Crippen LogP contribution in [-0.4, -0.2) is 23.2 Å². The number of hydrogen-bond acceptors (Lipinski definition) is 3. The van der Waals surface area contributed by atoms with Crippen LogP contribution in [-0.2, 0) is 5.41 Å². The van der Waals surface area contributed by atoms with Gasteiger partial charge in [0.05, 0.1) is 18.1 Å². The Morgan fingerprint density at radius 3 is 2.75 bits per heavy atom. The fraction of sp³-hybridized carbons (Fsp3) is 0.562. The van der Waals surface area contributed by atoms with Gasteiger partial charge in [0.2, 0.25) is 0 Å². The number of rotatable bonds is 4. The van der Waals surface area contributed by atoms with E-state index in [4.69, 9.17) is 15.5 Å². The predicted octanol–water partition coefficient (Wildman–Crippen LogP) is 2.76. The first-order chi connectivity index (χ1) is 9.77. The van der Waals surface area contributed by atoms with Crippen LogP contribution in [0.4, 0.5) is 0 Å². The lowest BCUT2D eigenvalue weighted by Crippen LogP contribution is -2.43. The molecule has 2 fully saturated rings. The van der Waals surface area contributed by atoms with Crippen LogP contribution in [0, 0.1) is 0 Å². The van der Waals surface area contributed by atoms with Crippen LogP contribution in [0.1, 0.15) is 44.0 Å². The molecule has 0 bridgehead atoms. The van der Waals surface area contributed by atoms with Crippen molar-refractivity contribution in [3.8, 4) is 5.75 Å². The van der Waals surface area contributed by atoms with E-state index in [1.54, 1.807) is 7.11 Å². The van der Waals surface area contributed by atoms with Crippen LogP contribution in [0.25, 0.3) is 11.0 Å². The molecular formula is C16H21N3O. The van der Waals surface area contributed by atoms with Gasteiger partial charge in [-0.25, -0.2) is 4.98 Å². The molecule has 0 saturated heterocycles. The molecule has 0 atom stereocenters. The summed E-state index contributed by atoms with van der Waals surface area (Å²) in [7, 11) is 1.70. The van der Waals surface area contributed by atoms with Crippen LogP contribution in [0.5, 0.6) is 5.75 Å². The zero-order valence-electron chi connectivity index (χ0n) is 11.9. The van der Waals surface area contributed by atoms with E-state index in [1.165, 1.54) is 43.4 Å². The number of fused-ring (bicyclic) bond motifs is 1. The zero-order chi connectivity index (χ0) is 13.7. The smallest absolute Gasteiger partial charge is 0.121 e. The van der Waals surface area contributed by atoms with E-state index in [0.29, 0.717) is 12.6 Å². The standard InChI is InChI=1S/C16H21N3O/c1-20-12-5-6-14-13(9-12)18-15(19(14)11-3-4-11)16(10-17)7-2-8-16/h5-6,9,11H,2-4,7-8,10,17H2,1H3. The highest BCUT2D eigenvalue weighted by Gasteiger charge is 2.43. The third-order valence-corrected chi connectivity index (χ3v) is 4.98. The van der Waals surface area contributed by atoms with Crippen molar-refractivity contribution in [1.29, 1.82) is 0 Å². The molecule has 106 valence electrons. The highest BCUT2D eigenvalue weighted by atomic mass is 16.5. The number of benzene rings is 1. The number of nitrogens with zero attached hydrogens (tertiary/aromatic N) is 2. The van der Waals surface area contributed by atoms with Gasteiger partial charge in [-0.2, -0.15) is 0 Å². The van der Waals surface area contributed by atoms with Gasteiger partial charge in [0.1, 0.15) is 11.6 Å². The molecule has 4 nitrogen and oxygen atoms in total. The first-order valence-corrected chi connectivity index (χ1v) is 7.54. The number of nitrogens with two attached hydrogens (primary N) is 1. The summed E-state index contributed by atoms with van der Waals surface area (Å²) < 4.78 is 7.78. The monoisotopic (exact) mass is 271 g/mol. The molecule has 0 unspecified atom stereocenters. The normalized spacial score (nSPS) is 20.9. The Bertz CT molecular complexity index is 648. The first kappa shape index (κ1) is 12.2. The highest BCUT2D eigenvalue weighted by molar-refractivity contribution is 5.78. The molecule has 0 radical (unpaired) electrons. The summed E-state index contributed by atoms with van der Waals surface area (Å²) in [5.74, 6) is 2.09. The van der Waals surface area contributed by atoms with Gasteiger partial charge in [0.25, 0.3) is 0 Å². The van der Waals surface area contributed by atoms with Gasteiger partial charge in [0.15, 0.2) is 0 Å². The molecule has 0 aliphatic heterocycles. The Balaban J connectivity index is 1.92. The summed E-state index contributed by atoms with van der Waals surface area (Å²) in [6.45, 7) is 0.709. The van der Waals surface area contributed by atoms with Gasteiger partial charge in [-0.05, 0) is 37.8 Å². The van der Waals surface area contributed by atoms with E-state index in [9.17, 15) is 0 Å². The molecule has 1 aromatic carbocycles. The number of methoxy groups -OCH3 is 1. The molecule has 1 heterocycles. The minimum Gasteiger partial charge on any atom is -0.497 e. The van der Waals surface area contributed by atoms with E-state index in [-0.39, 0.29) is 5.41 Å². The van der Waals surface area contributed by atoms with Gasteiger partial charge < -0.3 is 15.0 Å². The molecule has 0 amide bonds. The lowest BCUT2D eigenvalue weighted by Gasteiger charge is -2.40. The summed E-state index contributed by atoms with van der Waals surface area (Å²) in [6.07, 6.45) is 6.16. The van der Waals surface area contributed by atoms with Gasteiger partial charge in [-0.15, -0.1) is 0 Å². The molecule has 0 spiro atoms. The topological polar surface area (TPSA) is 53.1 Å². The number of hydrogen-bond donors (Lipinski definition) is 1. The van der Waals surface area contributed by atoms with Crippen molar-refractivity contribution in [2.75, 3.05) is 13.7 Å². The molecule has 2 N–H and O–H groups in total. The van der Waals surface area contributed by atoms with Crippen molar-refractivity contribution < 1.29 is 4.74 Å². The third kappa shape index (κ3) is 1.61. The lowest BCUT2D eigenvalue weighted by atomic mass is 9.68. The summed E-state index contributed by atoms with van der Waals surface area (Å²) in [6, 6.07) is 6.85. The van der Waals surface area contributed by atoms with Crippen LogP contribution < -0.4 is 10.5 Å². The second-order valence-corrected chi connectivity index (χ2v) is 6.23. The van der Waals surface area contributed by atoms with Crippen LogP contribution >= 0.6 is 0 Å². The fourth-order valence-electron chi connectivity index (χ4n) is 3.40. The molecular weight excluding hydrogens is 250 g/mol. The summed E-state index contributed by atoms with van der Waals surface area (Å²) in [5.41, 5.74) is 8.50. The Kier molecular flexibility index (Phi) is 2.58. The fourth-order valence-corrected chi connectivity index (χ4v) is 3.40. The number of imidazole rings is 1. The largest absolute Gasteiger partial charge is 0.497 e. The molecule has 2 saturated carbocycles. The quantitative estimate of drug-likeness (QED) is 0.930. The molecule has 4 rings (SSSR count). The average Bonchev–Trinajstić information content (AvgIpc) is 3.19. The highest BCUT2D eigenvalue weighted by Crippen LogP contribution is 2.48. The minimum absolute atomic E-state index is 0.120. The Labute approximate surface area is 118 Å².